The Morgan fingerprint density at radius 2 is 1.64 bits per heavy atom. The highest BCUT2D eigenvalue weighted by atomic mass is 15.2. The first-order chi connectivity index (χ1) is 6.22. The fourth-order valence-corrected chi connectivity index (χ4v) is 1.44. The normalized spacial score (nSPS) is 10.7. The van der Waals surface area contributed by atoms with Crippen LogP contribution in [0.3, 0.4) is 0 Å². The molecule has 0 heterocycles. The van der Waals surface area contributed by atoms with Crippen LogP contribution in [0.15, 0.2) is 0 Å². The van der Waals surface area contributed by atoms with Gasteiger partial charge in [-0.25, -0.2) is 0 Å². The first-order valence-electron chi connectivity index (χ1n) is 5.67. The number of nitrogens with one attached hydrogen (secondary N) is 1. The lowest BCUT2D eigenvalue weighted by atomic mass is 10.3. The largest absolute Gasteiger partial charge is 0.315 e. The van der Waals surface area contributed by atoms with E-state index in [9.17, 15) is 0 Å². The lowest BCUT2D eigenvalue weighted by molar-refractivity contribution is 0.222. The molecule has 2 heteroatoms. The van der Waals surface area contributed by atoms with Gasteiger partial charge in [-0.1, -0.05) is 21.3 Å². The van der Waals surface area contributed by atoms with E-state index in [-0.39, 0.29) is 7.43 Å². The van der Waals surface area contributed by atoms with Crippen molar-refractivity contribution in [2.75, 3.05) is 26.2 Å². The maximum Gasteiger partial charge on any atom is 0.0110 e. The zero-order valence-corrected chi connectivity index (χ0v) is 9.77. The highest BCUT2D eigenvalue weighted by Crippen LogP contribution is 1.97. The van der Waals surface area contributed by atoms with Gasteiger partial charge in [0.2, 0.25) is 0 Å². The standard InChI is InChI=1S/C11H26N2.CH4/c1-5-7-12-8-10-13(9-6-2)11(3)4;/h11-12H,5-10H2,1-4H3;1H4. The summed E-state index contributed by atoms with van der Waals surface area (Å²) in [6, 6.07) is 0.684. The van der Waals surface area contributed by atoms with Crippen molar-refractivity contribution >= 4 is 0 Å². The van der Waals surface area contributed by atoms with Crippen molar-refractivity contribution in [1.82, 2.24) is 10.2 Å². The second kappa shape index (κ2) is 11.0. The molecule has 0 rings (SSSR count). The van der Waals surface area contributed by atoms with E-state index in [0.717, 1.165) is 13.1 Å². The van der Waals surface area contributed by atoms with Crippen LogP contribution in [0.2, 0.25) is 0 Å². The predicted octanol–water partition coefficient (Wildman–Crippen LogP) is 2.74. The van der Waals surface area contributed by atoms with Crippen LogP contribution >= 0.6 is 0 Å². The van der Waals surface area contributed by atoms with Gasteiger partial charge in [0.05, 0.1) is 0 Å². The van der Waals surface area contributed by atoms with Gasteiger partial charge in [-0.3, -0.25) is 4.90 Å². The van der Waals surface area contributed by atoms with Gasteiger partial charge in [0.25, 0.3) is 0 Å². The van der Waals surface area contributed by atoms with Gasteiger partial charge < -0.3 is 5.32 Å². The monoisotopic (exact) mass is 202 g/mol. The molecule has 1 N–H and O–H groups in total. The molecule has 0 aliphatic heterocycles. The molecule has 0 radical (unpaired) electrons. The summed E-state index contributed by atoms with van der Waals surface area (Å²) in [6.45, 7) is 13.7. The third kappa shape index (κ3) is 8.52. The Bertz CT molecular complexity index is 102. The van der Waals surface area contributed by atoms with E-state index in [2.05, 4.69) is 37.9 Å². The van der Waals surface area contributed by atoms with Crippen molar-refractivity contribution in [3.63, 3.8) is 0 Å². The average molecular weight is 202 g/mol. The minimum atomic E-state index is 0. The lowest BCUT2D eigenvalue weighted by Crippen LogP contribution is -2.37. The molecule has 0 saturated heterocycles. The molecule has 0 aromatic rings. The number of nitrogens with zero attached hydrogens (tertiary/aromatic N) is 1. The molecule has 0 saturated carbocycles. The highest BCUT2D eigenvalue weighted by Gasteiger charge is 2.06. The molecule has 0 aliphatic rings. The van der Waals surface area contributed by atoms with Crippen molar-refractivity contribution in [1.29, 1.82) is 0 Å². The van der Waals surface area contributed by atoms with Gasteiger partial charge in [-0.15, -0.1) is 0 Å². The first-order valence-corrected chi connectivity index (χ1v) is 5.67. The fourth-order valence-electron chi connectivity index (χ4n) is 1.44. The van der Waals surface area contributed by atoms with Crippen LogP contribution in [0.5, 0.6) is 0 Å². The van der Waals surface area contributed by atoms with Gasteiger partial charge >= 0.3 is 0 Å². The van der Waals surface area contributed by atoms with Gasteiger partial charge in [0.1, 0.15) is 0 Å². The van der Waals surface area contributed by atoms with Crippen molar-refractivity contribution < 1.29 is 0 Å². The van der Waals surface area contributed by atoms with E-state index >= 15 is 0 Å². The summed E-state index contributed by atoms with van der Waals surface area (Å²) in [6.07, 6.45) is 2.49. The Hall–Kier alpha value is -0.0800. The smallest absolute Gasteiger partial charge is 0.0110 e. The summed E-state index contributed by atoms with van der Waals surface area (Å²) in [5, 5.41) is 3.44. The Labute approximate surface area is 91.1 Å². The molecule has 0 amide bonds. The van der Waals surface area contributed by atoms with Gasteiger partial charge in [-0.05, 0) is 39.8 Å². The van der Waals surface area contributed by atoms with Gasteiger partial charge in [-0.2, -0.15) is 0 Å². The second-order valence-corrected chi connectivity index (χ2v) is 3.88. The number of hydrogen-bond acceptors (Lipinski definition) is 2. The molecule has 0 spiro atoms. The lowest BCUT2D eigenvalue weighted by Gasteiger charge is -2.25. The Balaban J connectivity index is 0. The molecule has 0 atom stereocenters. The van der Waals surface area contributed by atoms with E-state index in [1.165, 1.54) is 25.9 Å². The Kier molecular flexibility index (Phi) is 12.8. The first kappa shape index (κ1) is 16.4. The van der Waals surface area contributed by atoms with E-state index < -0.39 is 0 Å². The summed E-state index contributed by atoms with van der Waals surface area (Å²) in [7, 11) is 0. The summed E-state index contributed by atoms with van der Waals surface area (Å²) in [5.74, 6) is 0. The quantitative estimate of drug-likeness (QED) is 0.609. The van der Waals surface area contributed by atoms with Crippen LogP contribution in [0.25, 0.3) is 0 Å². The second-order valence-electron chi connectivity index (χ2n) is 3.88. The molecule has 0 bridgehead atoms. The van der Waals surface area contributed by atoms with E-state index in [4.69, 9.17) is 0 Å². The molecule has 0 aliphatic carbocycles. The molecule has 2 nitrogen and oxygen atoms in total. The van der Waals surface area contributed by atoms with Crippen molar-refractivity contribution in [3.05, 3.63) is 0 Å². The van der Waals surface area contributed by atoms with Gasteiger partial charge in [0.15, 0.2) is 0 Å². The molecule has 0 aromatic carbocycles. The Morgan fingerprint density at radius 3 is 2.07 bits per heavy atom. The predicted molar refractivity (Wildman–Crippen MR) is 66.9 cm³/mol. The van der Waals surface area contributed by atoms with Crippen molar-refractivity contribution in [2.45, 2.75) is 54.0 Å². The highest BCUT2D eigenvalue weighted by molar-refractivity contribution is 4.63. The third-order valence-corrected chi connectivity index (χ3v) is 2.24. The molecular weight excluding hydrogens is 172 g/mol. The molecule has 0 unspecified atom stereocenters. The van der Waals surface area contributed by atoms with Crippen LogP contribution < -0.4 is 5.32 Å². The van der Waals surface area contributed by atoms with E-state index in [1.54, 1.807) is 0 Å². The molecular formula is C12H30N2. The molecule has 0 aromatic heterocycles. The van der Waals surface area contributed by atoms with Crippen LogP contribution in [0, 0.1) is 0 Å². The van der Waals surface area contributed by atoms with Crippen LogP contribution in [0.4, 0.5) is 0 Å². The zero-order chi connectivity index (χ0) is 10.1. The number of hydrogen-bond donors (Lipinski definition) is 1. The fraction of sp³-hybridized carbons (Fsp3) is 1.00. The summed E-state index contributed by atoms with van der Waals surface area (Å²) >= 11 is 0. The average Bonchev–Trinajstić information content (AvgIpc) is 2.10. The van der Waals surface area contributed by atoms with E-state index in [0.29, 0.717) is 6.04 Å². The topological polar surface area (TPSA) is 15.3 Å². The van der Waals surface area contributed by atoms with Crippen LogP contribution in [-0.2, 0) is 0 Å². The SMILES string of the molecule is C.CCCNCCN(CCC)C(C)C. The van der Waals surface area contributed by atoms with Gasteiger partial charge in [0, 0.05) is 19.1 Å². The third-order valence-electron chi connectivity index (χ3n) is 2.24. The van der Waals surface area contributed by atoms with Crippen molar-refractivity contribution in [3.8, 4) is 0 Å². The maximum absolute atomic E-state index is 3.44. The zero-order valence-electron chi connectivity index (χ0n) is 9.77. The summed E-state index contributed by atoms with van der Waals surface area (Å²) in [5.41, 5.74) is 0. The van der Waals surface area contributed by atoms with Crippen LogP contribution in [-0.4, -0.2) is 37.1 Å². The number of rotatable bonds is 8. The van der Waals surface area contributed by atoms with Crippen LogP contribution in [0.1, 0.15) is 48.0 Å². The van der Waals surface area contributed by atoms with Crippen molar-refractivity contribution in [2.24, 2.45) is 0 Å². The summed E-state index contributed by atoms with van der Waals surface area (Å²) < 4.78 is 0. The Morgan fingerprint density at radius 1 is 1.00 bits per heavy atom. The molecule has 88 valence electrons. The van der Waals surface area contributed by atoms with E-state index in [1.807, 2.05) is 0 Å². The minimum Gasteiger partial charge on any atom is -0.315 e. The molecule has 0 fully saturated rings. The summed E-state index contributed by atoms with van der Waals surface area (Å²) in [4.78, 5) is 2.53. The minimum absolute atomic E-state index is 0. The maximum atomic E-state index is 3.44. The molecule has 14 heavy (non-hydrogen) atoms.